The number of esters is 1. The molecule has 0 spiro atoms. The van der Waals surface area contributed by atoms with Gasteiger partial charge in [-0.05, 0) is 20.8 Å². The molecule has 0 aliphatic heterocycles. The molecule has 6 heteroatoms. The monoisotopic (exact) mass is 227 g/mol. The lowest BCUT2D eigenvalue weighted by Crippen LogP contribution is -2.22. The average molecular weight is 227 g/mol. The van der Waals surface area contributed by atoms with E-state index in [-0.39, 0.29) is 23.6 Å². The Morgan fingerprint density at radius 1 is 1.50 bits per heavy atom. The van der Waals surface area contributed by atoms with E-state index >= 15 is 0 Å². The van der Waals surface area contributed by atoms with Crippen LogP contribution in [-0.4, -0.2) is 35.0 Å². The van der Waals surface area contributed by atoms with Crippen LogP contribution in [0.25, 0.3) is 0 Å². The number of H-pyrrole nitrogens is 1. The Kier molecular flexibility index (Phi) is 3.89. The number of nitrogens with zero attached hydrogens (tertiary/aromatic N) is 1. The zero-order valence-electron chi connectivity index (χ0n) is 9.74. The summed E-state index contributed by atoms with van der Waals surface area (Å²) in [5.41, 5.74) is 5.71. The van der Waals surface area contributed by atoms with E-state index in [9.17, 15) is 4.79 Å². The molecule has 1 aromatic rings. The van der Waals surface area contributed by atoms with Crippen LogP contribution in [-0.2, 0) is 9.47 Å². The second kappa shape index (κ2) is 4.98. The normalized spacial score (nSPS) is 11.4. The first-order valence-corrected chi connectivity index (χ1v) is 5.00. The van der Waals surface area contributed by atoms with Crippen LogP contribution in [0.1, 0.15) is 31.3 Å². The van der Waals surface area contributed by atoms with E-state index in [1.54, 1.807) is 0 Å². The van der Waals surface area contributed by atoms with Gasteiger partial charge < -0.3 is 15.2 Å². The summed E-state index contributed by atoms with van der Waals surface area (Å²) in [6, 6.07) is 0. The van der Waals surface area contributed by atoms with Gasteiger partial charge in [0.15, 0.2) is 5.69 Å². The molecule has 1 heterocycles. The number of carbonyl (C=O) groups excluding carboxylic acids is 1. The highest BCUT2D eigenvalue weighted by molar-refractivity contribution is 5.92. The maximum atomic E-state index is 11.4. The topological polar surface area (TPSA) is 90.2 Å². The molecule has 0 fully saturated rings. The van der Waals surface area contributed by atoms with E-state index in [1.807, 2.05) is 20.8 Å². The van der Waals surface area contributed by atoms with Crippen LogP contribution in [0.5, 0.6) is 0 Å². The number of carbonyl (C=O) groups is 1. The third-order valence-corrected chi connectivity index (χ3v) is 1.72. The van der Waals surface area contributed by atoms with Gasteiger partial charge in [0.05, 0.1) is 24.1 Å². The zero-order valence-corrected chi connectivity index (χ0v) is 9.74. The fourth-order valence-corrected chi connectivity index (χ4v) is 1.01. The Labute approximate surface area is 94.1 Å². The Morgan fingerprint density at radius 3 is 2.69 bits per heavy atom. The molecule has 0 saturated heterocycles. The standard InChI is InChI=1S/C10H17N3O3/c1-10(2,3)16-5-4-15-9(14)8-7(11)6-12-13-8/h6H,4-5,11H2,1-3H3,(H,12,13). The first-order valence-electron chi connectivity index (χ1n) is 5.00. The van der Waals surface area contributed by atoms with E-state index in [0.717, 1.165) is 0 Å². The lowest BCUT2D eigenvalue weighted by atomic mass is 10.2. The predicted molar refractivity (Wildman–Crippen MR) is 59.0 cm³/mol. The van der Waals surface area contributed by atoms with Gasteiger partial charge >= 0.3 is 5.97 Å². The molecule has 0 aliphatic carbocycles. The fraction of sp³-hybridized carbons (Fsp3) is 0.600. The van der Waals surface area contributed by atoms with E-state index in [0.29, 0.717) is 6.61 Å². The van der Waals surface area contributed by atoms with Gasteiger partial charge in [0.2, 0.25) is 0 Å². The second-order valence-electron chi connectivity index (χ2n) is 4.30. The quantitative estimate of drug-likeness (QED) is 0.590. The molecule has 90 valence electrons. The molecule has 6 nitrogen and oxygen atoms in total. The van der Waals surface area contributed by atoms with Crippen molar-refractivity contribution in [3.8, 4) is 0 Å². The van der Waals surface area contributed by atoms with E-state index in [1.165, 1.54) is 6.20 Å². The highest BCUT2D eigenvalue weighted by atomic mass is 16.6. The molecule has 0 aromatic carbocycles. The van der Waals surface area contributed by atoms with Gasteiger partial charge in [-0.15, -0.1) is 0 Å². The van der Waals surface area contributed by atoms with E-state index < -0.39 is 5.97 Å². The smallest absolute Gasteiger partial charge is 0.358 e. The molecular weight excluding hydrogens is 210 g/mol. The summed E-state index contributed by atoms with van der Waals surface area (Å²) >= 11 is 0. The Balaban J connectivity index is 2.29. The largest absolute Gasteiger partial charge is 0.458 e. The summed E-state index contributed by atoms with van der Waals surface area (Å²) in [5, 5.41) is 6.10. The van der Waals surface area contributed by atoms with Crippen LogP contribution in [0.2, 0.25) is 0 Å². The number of anilines is 1. The van der Waals surface area contributed by atoms with Gasteiger partial charge in [0, 0.05) is 0 Å². The minimum atomic E-state index is -0.521. The molecule has 0 amide bonds. The van der Waals surface area contributed by atoms with Gasteiger partial charge in [-0.1, -0.05) is 0 Å². The van der Waals surface area contributed by atoms with E-state index in [2.05, 4.69) is 10.2 Å². The van der Waals surface area contributed by atoms with Crippen LogP contribution < -0.4 is 5.73 Å². The fourth-order valence-electron chi connectivity index (χ4n) is 1.01. The third-order valence-electron chi connectivity index (χ3n) is 1.72. The van der Waals surface area contributed by atoms with Crippen LogP contribution >= 0.6 is 0 Å². The first-order chi connectivity index (χ1) is 7.40. The van der Waals surface area contributed by atoms with Gasteiger partial charge in [0.1, 0.15) is 6.61 Å². The van der Waals surface area contributed by atoms with Gasteiger partial charge in [0.25, 0.3) is 0 Å². The lowest BCUT2D eigenvalue weighted by molar-refractivity contribution is -0.0282. The highest BCUT2D eigenvalue weighted by Crippen LogP contribution is 2.08. The van der Waals surface area contributed by atoms with Crippen LogP contribution in [0.3, 0.4) is 0 Å². The van der Waals surface area contributed by atoms with Crippen molar-refractivity contribution in [1.82, 2.24) is 10.2 Å². The molecule has 1 rings (SSSR count). The predicted octanol–water partition coefficient (Wildman–Crippen LogP) is 0.964. The first kappa shape index (κ1) is 12.5. The molecule has 0 bridgehead atoms. The average Bonchev–Trinajstić information content (AvgIpc) is 2.57. The number of nitrogen functional groups attached to an aromatic ring is 1. The Hall–Kier alpha value is -1.56. The number of nitrogens with two attached hydrogens (primary N) is 1. The highest BCUT2D eigenvalue weighted by Gasteiger charge is 2.14. The summed E-state index contributed by atoms with van der Waals surface area (Å²) in [7, 11) is 0. The van der Waals surface area contributed by atoms with Crippen molar-refractivity contribution < 1.29 is 14.3 Å². The molecule has 1 aromatic heterocycles. The Bertz CT molecular complexity index is 354. The number of hydrogen-bond acceptors (Lipinski definition) is 5. The van der Waals surface area contributed by atoms with Crippen molar-refractivity contribution in [2.75, 3.05) is 18.9 Å². The number of hydrogen-bond donors (Lipinski definition) is 2. The molecule has 0 unspecified atom stereocenters. The maximum Gasteiger partial charge on any atom is 0.358 e. The van der Waals surface area contributed by atoms with Crippen molar-refractivity contribution in [3.63, 3.8) is 0 Å². The number of nitrogens with one attached hydrogen (secondary N) is 1. The van der Waals surface area contributed by atoms with Crippen molar-refractivity contribution in [3.05, 3.63) is 11.9 Å². The zero-order chi connectivity index (χ0) is 12.2. The van der Waals surface area contributed by atoms with Crippen molar-refractivity contribution in [1.29, 1.82) is 0 Å². The second-order valence-corrected chi connectivity index (χ2v) is 4.30. The number of rotatable bonds is 4. The van der Waals surface area contributed by atoms with Crippen molar-refractivity contribution in [2.24, 2.45) is 0 Å². The van der Waals surface area contributed by atoms with Gasteiger partial charge in [-0.3, -0.25) is 5.10 Å². The number of ether oxygens (including phenoxy) is 2. The third kappa shape index (κ3) is 3.90. The molecule has 0 atom stereocenters. The summed E-state index contributed by atoms with van der Waals surface area (Å²) in [4.78, 5) is 11.4. The molecule has 0 aliphatic rings. The number of aromatic nitrogens is 2. The van der Waals surface area contributed by atoms with Crippen molar-refractivity contribution >= 4 is 11.7 Å². The van der Waals surface area contributed by atoms with Gasteiger partial charge in [-0.25, -0.2) is 4.79 Å². The lowest BCUT2D eigenvalue weighted by Gasteiger charge is -2.19. The summed E-state index contributed by atoms with van der Waals surface area (Å²) in [6.07, 6.45) is 1.36. The van der Waals surface area contributed by atoms with Crippen LogP contribution in [0.15, 0.2) is 6.20 Å². The van der Waals surface area contributed by atoms with Gasteiger partial charge in [-0.2, -0.15) is 5.10 Å². The van der Waals surface area contributed by atoms with E-state index in [4.69, 9.17) is 15.2 Å². The van der Waals surface area contributed by atoms with Crippen LogP contribution in [0, 0.1) is 0 Å². The molecule has 3 N–H and O–H groups in total. The molecule has 0 saturated carbocycles. The SMILES string of the molecule is CC(C)(C)OCCOC(=O)c1[nH]ncc1N. The summed E-state index contributed by atoms with van der Waals surface area (Å²) in [6.45, 7) is 6.34. The molecule has 16 heavy (non-hydrogen) atoms. The maximum absolute atomic E-state index is 11.4. The Morgan fingerprint density at radius 2 is 2.19 bits per heavy atom. The summed E-state index contributed by atoms with van der Waals surface area (Å²) in [5.74, 6) is -0.521. The summed E-state index contributed by atoms with van der Waals surface area (Å²) < 4.78 is 10.3. The minimum Gasteiger partial charge on any atom is -0.458 e. The molecular formula is C10H17N3O3. The minimum absolute atomic E-state index is 0.177. The molecule has 0 radical (unpaired) electrons. The van der Waals surface area contributed by atoms with Crippen molar-refractivity contribution in [2.45, 2.75) is 26.4 Å². The number of aromatic amines is 1. The van der Waals surface area contributed by atoms with Crippen LogP contribution in [0.4, 0.5) is 5.69 Å².